The lowest BCUT2D eigenvalue weighted by molar-refractivity contribution is 0.104. The van der Waals surface area contributed by atoms with E-state index in [1.165, 1.54) is 19.3 Å². The van der Waals surface area contributed by atoms with Crippen molar-refractivity contribution in [1.29, 1.82) is 0 Å². The molecule has 5 rings (SSSR count). The van der Waals surface area contributed by atoms with Crippen LogP contribution in [-0.2, 0) is 0 Å². The number of nitrogens with zero attached hydrogens (tertiary/aromatic N) is 1. The molecule has 0 saturated carbocycles. The maximum Gasteiger partial charge on any atom is 0.199 e. The van der Waals surface area contributed by atoms with Crippen LogP contribution in [0.1, 0.15) is 42.1 Å². The van der Waals surface area contributed by atoms with Gasteiger partial charge in [0.25, 0.3) is 0 Å². The molecule has 1 atom stereocenters. The number of ether oxygens (including phenoxy) is 2. The van der Waals surface area contributed by atoms with Crippen molar-refractivity contribution >= 4 is 26.6 Å². The first-order valence-corrected chi connectivity index (χ1v) is 13.8. The van der Waals surface area contributed by atoms with E-state index in [2.05, 4.69) is 4.90 Å². The summed E-state index contributed by atoms with van der Waals surface area (Å²) in [6.07, 6.45) is 3.85. The van der Waals surface area contributed by atoms with Gasteiger partial charge in [0.2, 0.25) is 0 Å². The van der Waals surface area contributed by atoms with Crippen molar-refractivity contribution in [1.82, 2.24) is 4.90 Å². The largest absolute Gasteiger partial charge is 0.590 e. The number of likely N-dealkylation sites (tertiary alicyclic amines) is 1. The average molecular weight is 502 g/mol. The second kappa shape index (κ2) is 11.2. The number of rotatable bonds is 9. The third kappa shape index (κ3) is 5.16. The van der Waals surface area contributed by atoms with Gasteiger partial charge in [-0.2, -0.15) is 0 Å². The summed E-state index contributed by atoms with van der Waals surface area (Å²) in [6, 6.07) is 22.2. The Morgan fingerprint density at radius 1 is 0.917 bits per heavy atom. The minimum Gasteiger partial charge on any atom is -0.590 e. The number of piperidine rings is 1. The zero-order chi connectivity index (χ0) is 24.9. The lowest BCUT2D eigenvalue weighted by Gasteiger charge is -2.26. The molecule has 0 amide bonds. The van der Waals surface area contributed by atoms with Crippen LogP contribution in [0.4, 0.5) is 0 Å². The van der Waals surface area contributed by atoms with E-state index in [0.29, 0.717) is 45.1 Å². The van der Waals surface area contributed by atoms with Crippen LogP contribution in [0.25, 0.3) is 20.5 Å². The number of benzene rings is 3. The standard InChI is InChI=1S/C30H31NO4S/c1-2-34-25-15-16-26-27(21-25)36(33)30(28(26)29(32)22-9-5-3-6-10-22)23-11-13-24(14-12-23)35-20-19-31-17-7-4-8-18-31/h3,5-6,9-16,21H,2,4,7-8,17-20H2,1H3. The summed E-state index contributed by atoms with van der Waals surface area (Å²) in [4.78, 5) is 16.6. The molecular weight excluding hydrogens is 470 g/mol. The van der Waals surface area contributed by atoms with E-state index in [1.54, 1.807) is 18.2 Å². The van der Waals surface area contributed by atoms with Crippen LogP contribution in [0.3, 0.4) is 0 Å². The van der Waals surface area contributed by atoms with E-state index in [9.17, 15) is 9.35 Å². The van der Waals surface area contributed by atoms with Gasteiger partial charge in [0.15, 0.2) is 15.4 Å². The Kier molecular flexibility index (Phi) is 7.66. The molecule has 3 aromatic carbocycles. The SMILES string of the molecule is CCOc1ccc2c(C(=O)c3ccccc3)c(-c3ccc(OCCN4CCCCC4)cc3)[s+]([O-])c2c1. The van der Waals surface area contributed by atoms with Gasteiger partial charge in [-0.05, 0) is 80.0 Å². The molecule has 1 aliphatic rings. The van der Waals surface area contributed by atoms with Crippen molar-refractivity contribution in [2.75, 3.05) is 32.8 Å². The number of hydrogen-bond acceptors (Lipinski definition) is 5. The van der Waals surface area contributed by atoms with Gasteiger partial charge < -0.3 is 14.0 Å². The molecule has 0 bridgehead atoms. The van der Waals surface area contributed by atoms with E-state index < -0.39 is 10.8 Å². The van der Waals surface area contributed by atoms with Crippen molar-refractivity contribution in [2.24, 2.45) is 0 Å². The highest BCUT2D eigenvalue weighted by molar-refractivity contribution is 7.35. The monoisotopic (exact) mass is 501 g/mol. The molecule has 2 heterocycles. The highest BCUT2D eigenvalue weighted by Gasteiger charge is 2.30. The van der Waals surface area contributed by atoms with Crippen LogP contribution in [0.5, 0.6) is 11.5 Å². The normalized spacial score (nSPS) is 14.7. The summed E-state index contributed by atoms with van der Waals surface area (Å²) in [5.74, 6) is 1.28. The van der Waals surface area contributed by atoms with E-state index in [0.717, 1.165) is 30.9 Å². The van der Waals surface area contributed by atoms with E-state index in [1.807, 2.05) is 61.5 Å². The minimum absolute atomic E-state index is 0.135. The Bertz CT molecular complexity index is 1320. The molecule has 6 heteroatoms. The molecule has 36 heavy (non-hydrogen) atoms. The maximum absolute atomic E-state index is 13.7. The van der Waals surface area contributed by atoms with E-state index in [4.69, 9.17) is 9.47 Å². The average Bonchev–Trinajstić information content (AvgIpc) is 3.21. The molecule has 4 aromatic rings. The summed E-state index contributed by atoms with van der Waals surface area (Å²) >= 11 is 0. The van der Waals surface area contributed by atoms with Crippen LogP contribution >= 0.6 is 10.8 Å². The first kappa shape index (κ1) is 24.5. The predicted molar refractivity (Wildman–Crippen MR) is 145 cm³/mol. The summed E-state index contributed by atoms with van der Waals surface area (Å²) in [5, 5.41) is 0.697. The summed E-state index contributed by atoms with van der Waals surface area (Å²) in [6.45, 7) is 6.27. The van der Waals surface area contributed by atoms with Crippen molar-refractivity contribution in [3.63, 3.8) is 0 Å². The highest BCUT2D eigenvalue weighted by atomic mass is 32.2. The number of carbonyl (C=O) groups is 1. The van der Waals surface area contributed by atoms with Gasteiger partial charge in [0.05, 0.1) is 17.6 Å². The second-order valence-electron chi connectivity index (χ2n) is 9.03. The number of ketones is 1. The molecule has 0 N–H and O–H groups in total. The van der Waals surface area contributed by atoms with Crippen LogP contribution in [0.15, 0.2) is 72.8 Å². The van der Waals surface area contributed by atoms with Crippen molar-refractivity contribution in [2.45, 2.75) is 26.2 Å². The fraction of sp³-hybridized carbons (Fsp3) is 0.300. The molecule has 0 aliphatic carbocycles. The minimum atomic E-state index is -1.51. The molecular formula is C30H31NO4S. The summed E-state index contributed by atoms with van der Waals surface area (Å²) in [7, 11) is -1.51. The maximum atomic E-state index is 13.7. The molecule has 1 fully saturated rings. The van der Waals surface area contributed by atoms with Crippen molar-refractivity contribution in [3.05, 3.63) is 83.9 Å². The zero-order valence-corrected chi connectivity index (χ0v) is 21.4. The molecule has 5 nitrogen and oxygen atoms in total. The fourth-order valence-corrected chi connectivity index (χ4v) is 6.38. The van der Waals surface area contributed by atoms with Crippen LogP contribution < -0.4 is 9.47 Å². The van der Waals surface area contributed by atoms with Gasteiger partial charge in [0, 0.05) is 23.7 Å². The van der Waals surface area contributed by atoms with E-state index >= 15 is 0 Å². The molecule has 1 aliphatic heterocycles. The third-order valence-corrected chi connectivity index (χ3v) is 8.20. The Labute approximate surface area is 215 Å². The molecule has 1 saturated heterocycles. The topological polar surface area (TPSA) is 61.8 Å². The Balaban J connectivity index is 1.47. The van der Waals surface area contributed by atoms with Gasteiger partial charge in [-0.3, -0.25) is 9.69 Å². The summed E-state index contributed by atoms with van der Waals surface area (Å²) < 4.78 is 26.0. The van der Waals surface area contributed by atoms with Gasteiger partial charge in [-0.25, -0.2) is 0 Å². The predicted octanol–water partition coefficient (Wildman–Crippen LogP) is 6.73. The fourth-order valence-electron chi connectivity index (χ4n) is 4.83. The lowest BCUT2D eigenvalue weighted by Crippen LogP contribution is -2.33. The molecule has 186 valence electrons. The first-order valence-electron chi connectivity index (χ1n) is 12.6. The molecule has 1 unspecified atom stereocenters. The van der Waals surface area contributed by atoms with Gasteiger partial charge in [0.1, 0.15) is 18.1 Å². The number of hydrogen-bond donors (Lipinski definition) is 0. The lowest BCUT2D eigenvalue weighted by atomic mass is 9.97. The van der Waals surface area contributed by atoms with Gasteiger partial charge in [-0.15, -0.1) is 0 Å². The number of thiophene rings is 1. The van der Waals surface area contributed by atoms with Crippen molar-refractivity contribution in [3.8, 4) is 21.9 Å². The van der Waals surface area contributed by atoms with E-state index in [-0.39, 0.29) is 5.78 Å². The third-order valence-electron chi connectivity index (χ3n) is 6.65. The van der Waals surface area contributed by atoms with Crippen molar-refractivity contribution < 1.29 is 18.8 Å². The molecule has 1 aromatic heterocycles. The zero-order valence-electron chi connectivity index (χ0n) is 20.6. The Hall–Kier alpha value is -3.19. The van der Waals surface area contributed by atoms with Crippen LogP contribution in [0.2, 0.25) is 0 Å². The second-order valence-corrected chi connectivity index (χ2v) is 10.4. The quantitative estimate of drug-likeness (QED) is 0.188. The highest BCUT2D eigenvalue weighted by Crippen LogP contribution is 2.47. The number of carbonyl (C=O) groups excluding carboxylic acids is 1. The summed E-state index contributed by atoms with van der Waals surface area (Å²) in [5.41, 5.74) is 1.81. The Morgan fingerprint density at radius 2 is 1.64 bits per heavy atom. The first-order chi connectivity index (χ1) is 17.7. The smallest absolute Gasteiger partial charge is 0.199 e. The van der Waals surface area contributed by atoms with Crippen LogP contribution in [-0.4, -0.2) is 48.1 Å². The molecule has 0 radical (unpaired) electrons. The van der Waals surface area contributed by atoms with Gasteiger partial charge in [-0.1, -0.05) is 36.8 Å². The van der Waals surface area contributed by atoms with Gasteiger partial charge >= 0.3 is 0 Å². The number of fused-ring (bicyclic) bond motifs is 1. The van der Waals surface area contributed by atoms with Crippen LogP contribution in [0, 0.1) is 0 Å². The Morgan fingerprint density at radius 3 is 2.36 bits per heavy atom. The molecule has 0 spiro atoms.